The van der Waals surface area contributed by atoms with Crippen molar-refractivity contribution in [3.8, 4) is 0 Å². The van der Waals surface area contributed by atoms with E-state index >= 15 is 0 Å². The van der Waals surface area contributed by atoms with Crippen LogP contribution in [-0.4, -0.2) is 45.1 Å². The van der Waals surface area contributed by atoms with E-state index in [1.807, 2.05) is 48.4 Å². The molecule has 1 atom stereocenters. The Bertz CT molecular complexity index is 954. The van der Waals surface area contributed by atoms with Crippen LogP contribution in [0.15, 0.2) is 58.3 Å². The zero-order valence-corrected chi connectivity index (χ0v) is 19.3. The minimum Gasteiger partial charge on any atom is -0.339 e. The highest BCUT2D eigenvalue weighted by atomic mass is 32.2. The predicted molar refractivity (Wildman–Crippen MR) is 123 cm³/mol. The van der Waals surface area contributed by atoms with Crippen LogP contribution in [-0.2, 0) is 10.0 Å². The Morgan fingerprint density at radius 1 is 1.07 bits per heavy atom. The molecule has 0 spiro atoms. The smallest absolute Gasteiger partial charge is 0.255 e. The van der Waals surface area contributed by atoms with Gasteiger partial charge in [-0.25, -0.2) is 13.1 Å². The highest BCUT2D eigenvalue weighted by molar-refractivity contribution is 7.98. The van der Waals surface area contributed by atoms with Gasteiger partial charge in [-0.05, 0) is 48.8 Å². The van der Waals surface area contributed by atoms with Crippen LogP contribution in [0, 0.1) is 0 Å². The Balaban J connectivity index is 1.79. The Hall–Kier alpha value is -1.83. The molecule has 1 N–H and O–H groups in total. The number of sulfonamides is 1. The second-order valence-electron chi connectivity index (χ2n) is 7.73. The number of carbonyl (C=O) groups is 1. The monoisotopic (exact) mass is 446 g/mol. The summed E-state index contributed by atoms with van der Waals surface area (Å²) in [5.41, 5.74) is 1.55. The molecule has 0 radical (unpaired) electrons. The molecule has 1 aliphatic heterocycles. The van der Waals surface area contributed by atoms with Crippen LogP contribution in [0.5, 0.6) is 0 Å². The summed E-state index contributed by atoms with van der Waals surface area (Å²) >= 11 is 1.47. The number of nitrogens with zero attached hydrogens (tertiary/aromatic N) is 1. The lowest BCUT2D eigenvalue weighted by molar-refractivity contribution is 0.0758. The van der Waals surface area contributed by atoms with Crippen LogP contribution in [0.2, 0.25) is 0 Å². The Morgan fingerprint density at radius 2 is 1.73 bits per heavy atom. The SMILES string of the molecule is CSc1ccc(S(=O)(=O)NC[C@H](C)c2ccccc2)cc1C(=O)N1CCCCCC1. The molecule has 0 saturated carbocycles. The number of amides is 1. The molecule has 0 unspecified atom stereocenters. The number of hydrogen-bond donors (Lipinski definition) is 1. The summed E-state index contributed by atoms with van der Waals surface area (Å²) in [5, 5.41) is 0. The van der Waals surface area contributed by atoms with Crippen molar-refractivity contribution in [2.75, 3.05) is 25.9 Å². The average Bonchev–Trinajstić information content (AvgIpc) is 3.06. The predicted octanol–water partition coefficient (Wildman–Crippen LogP) is 4.51. The molecule has 30 heavy (non-hydrogen) atoms. The summed E-state index contributed by atoms with van der Waals surface area (Å²) in [6.07, 6.45) is 6.17. The van der Waals surface area contributed by atoms with Crippen LogP contribution >= 0.6 is 11.8 Å². The van der Waals surface area contributed by atoms with E-state index in [0.29, 0.717) is 12.1 Å². The van der Waals surface area contributed by atoms with Crippen molar-refractivity contribution < 1.29 is 13.2 Å². The van der Waals surface area contributed by atoms with E-state index in [1.54, 1.807) is 12.1 Å². The van der Waals surface area contributed by atoms with Gasteiger partial charge in [-0.2, -0.15) is 0 Å². The largest absolute Gasteiger partial charge is 0.339 e. The van der Waals surface area contributed by atoms with E-state index in [9.17, 15) is 13.2 Å². The summed E-state index contributed by atoms with van der Waals surface area (Å²) in [6, 6.07) is 14.7. The average molecular weight is 447 g/mol. The van der Waals surface area contributed by atoms with Crippen molar-refractivity contribution in [3.05, 3.63) is 59.7 Å². The fraction of sp³-hybridized carbons (Fsp3) is 0.435. The van der Waals surface area contributed by atoms with Crippen molar-refractivity contribution in [1.82, 2.24) is 9.62 Å². The quantitative estimate of drug-likeness (QED) is 0.636. The second kappa shape index (κ2) is 10.5. The Kier molecular flexibility index (Phi) is 7.97. The molecule has 1 fully saturated rings. The molecule has 5 nitrogen and oxygen atoms in total. The molecule has 0 aromatic heterocycles. The van der Waals surface area contributed by atoms with Crippen molar-refractivity contribution in [2.24, 2.45) is 0 Å². The Morgan fingerprint density at radius 3 is 2.37 bits per heavy atom. The number of rotatable bonds is 7. The van der Waals surface area contributed by atoms with Crippen molar-refractivity contribution >= 4 is 27.7 Å². The van der Waals surface area contributed by atoms with Crippen molar-refractivity contribution in [3.63, 3.8) is 0 Å². The van der Waals surface area contributed by atoms with Gasteiger partial charge in [0, 0.05) is 24.5 Å². The topological polar surface area (TPSA) is 66.5 Å². The molecular weight excluding hydrogens is 416 g/mol. The van der Waals surface area contributed by atoms with E-state index in [4.69, 9.17) is 0 Å². The van der Waals surface area contributed by atoms with Crippen LogP contribution < -0.4 is 4.72 Å². The van der Waals surface area contributed by atoms with Crippen molar-refractivity contribution in [1.29, 1.82) is 0 Å². The fourth-order valence-corrected chi connectivity index (χ4v) is 5.41. The van der Waals surface area contributed by atoms with Gasteiger partial charge >= 0.3 is 0 Å². The highest BCUT2D eigenvalue weighted by Crippen LogP contribution is 2.26. The molecule has 2 aromatic carbocycles. The maximum Gasteiger partial charge on any atom is 0.255 e. The summed E-state index contributed by atoms with van der Waals surface area (Å²) < 4.78 is 28.6. The van der Waals surface area contributed by atoms with Gasteiger partial charge in [0.2, 0.25) is 10.0 Å². The van der Waals surface area contributed by atoms with Crippen LogP contribution in [0.4, 0.5) is 0 Å². The van der Waals surface area contributed by atoms with E-state index in [0.717, 1.165) is 49.2 Å². The minimum atomic E-state index is -3.71. The molecule has 1 heterocycles. The molecule has 1 saturated heterocycles. The first-order chi connectivity index (χ1) is 14.4. The molecule has 1 aliphatic rings. The number of benzene rings is 2. The molecule has 3 rings (SSSR count). The molecule has 0 aliphatic carbocycles. The maximum absolute atomic E-state index is 13.2. The molecule has 2 aromatic rings. The van der Waals surface area contributed by atoms with Gasteiger partial charge in [0.15, 0.2) is 0 Å². The third kappa shape index (κ3) is 5.65. The van der Waals surface area contributed by atoms with Gasteiger partial charge in [0.1, 0.15) is 0 Å². The van der Waals surface area contributed by atoms with E-state index in [1.165, 1.54) is 17.8 Å². The van der Waals surface area contributed by atoms with Gasteiger partial charge in [0.25, 0.3) is 5.91 Å². The number of carbonyl (C=O) groups excluding carboxylic acids is 1. The molecule has 1 amide bonds. The van der Waals surface area contributed by atoms with Gasteiger partial charge in [-0.15, -0.1) is 11.8 Å². The highest BCUT2D eigenvalue weighted by Gasteiger charge is 2.23. The zero-order valence-electron chi connectivity index (χ0n) is 17.6. The normalized spacial score (nSPS) is 16.1. The number of nitrogens with one attached hydrogen (secondary N) is 1. The summed E-state index contributed by atoms with van der Waals surface area (Å²) in [5.74, 6) is -0.0272. The summed E-state index contributed by atoms with van der Waals surface area (Å²) in [6.45, 7) is 3.75. The van der Waals surface area contributed by atoms with Crippen LogP contribution in [0.3, 0.4) is 0 Å². The van der Waals surface area contributed by atoms with Crippen molar-refractivity contribution in [2.45, 2.75) is 48.3 Å². The number of hydrogen-bond acceptors (Lipinski definition) is 4. The third-order valence-corrected chi connectivity index (χ3v) is 7.77. The second-order valence-corrected chi connectivity index (χ2v) is 10.3. The molecular formula is C23H30N2O3S2. The lowest BCUT2D eigenvalue weighted by Crippen LogP contribution is -2.32. The van der Waals surface area contributed by atoms with Gasteiger partial charge in [0.05, 0.1) is 10.5 Å². The van der Waals surface area contributed by atoms with Gasteiger partial charge < -0.3 is 4.90 Å². The number of likely N-dealkylation sites (tertiary alicyclic amines) is 1. The Labute approximate surface area is 184 Å². The van der Waals surface area contributed by atoms with Gasteiger partial charge in [-0.1, -0.05) is 50.1 Å². The first kappa shape index (κ1) is 22.8. The fourth-order valence-electron chi connectivity index (χ4n) is 3.68. The number of thioether (sulfide) groups is 1. The lowest BCUT2D eigenvalue weighted by atomic mass is 10.0. The molecule has 7 heteroatoms. The summed E-state index contributed by atoms with van der Waals surface area (Å²) in [4.78, 5) is 16.0. The standard InChI is InChI=1S/C23H30N2O3S2/c1-18(19-10-6-5-7-11-19)17-24-30(27,28)20-12-13-22(29-2)21(16-20)23(26)25-14-8-3-4-9-15-25/h5-7,10-13,16,18,24H,3-4,8-9,14-15,17H2,1-2H3/t18-/m0/s1. The minimum absolute atomic E-state index is 0.0460. The van der Waals surface area contributed by atoms with E-state index in [-0.39, 0.29) is 16.7 Å². The zero-order chi connectivity index (χ0) is 21.6. The first-order valence-corrected chi connectivity index (χ1v) is 13.1. The van der Waals surface area contributed by atoms with Crippen LogP contribution in [0.1, 0.15) is 54.4 Å². The van der Waals surface area contributed by atoms with Gasteiger partial charge in [-0.3, -0.25) is 4.79 Å². The maximum atomic E-state index is 13.2. The lowest BCUT2D eigenvalue weighted by Gasteiger charge is -2.22. The first-order valence-electron chi connectivity index (χ1n) is 10.4. The third-order valence-electron chi connectivity index (χ3n) is 5.55. The molecule has 162 valence electrons. The van der Waals surface area contributed by atoms with E-state index < -0.39 is 10.0 Å². The van der Waals surface area contributed by atoms with Crippen LogP contribution in [0.25, 0.3) is 0 Å². The summed E-state index contributed by atoms with van der Waals surface area (Å²) in [7, 11) is -3.71. The van der Waals surface area contributed by atoms with E-state index in [2.05, 4.69) is 4.72 Å². The molecule has 0 bridgehead atoms.